The van der Waals surface area contributed by atoms with Crippen LogP contribution in [0.1, 0.15) is 35.7 Å². The molecule has 2 aromatic carbocycles. The number of fused-ring (bicyclic) bond motifs is 1. The molecule has 0 fully saturated rings. The average Bonchev–Trinajstić information content (AvgIpc) is 3.09. The predicted molar refractivity (Wildman–Crippen MR) is 114 cm³/mol. The summed E-state index contributed by atoms with van der Waals surface area (Å²) < 4.78 is 1.28. The van der Waals surface area contributed by atoms with Crippen LogP contribution in [-0.2, 0) is 0 Å². The van der Waals surface area contributed by atoms with Crippen LogP contribution in [-0.4, -0.2) is 21.4 Å². The second-order valence-corrected chi connectivity index (χ2v) is 7.19. The third-order valence-electron chi connectivity index (χ3n) is 5.39. The molecule has 2 heterocycles. The van der Waals surface area contributed by atoms with Gasteiger partial charge in [-0.05, 0) is 43.7 Å². The van der Waals surface area contributed by atoms with Crippen LogP contribution >= 0.6 is 0 Å². The third-order valence-corrected chi connectivity index (χ3v) is 5.39. The minimum Gasteiger partial charge on any atom is -0.382 e. The van der Waals surface area contributed by atoms with Crippen molar-refractivity contribution in [2.24, 2.45) is 10.9 Å². The maximum absolute atomic E-state index is 12.9. The molecule has 0 amide bonds. The third kappa shape index (κ3) is 2.94. The van der Waals surface area contributed by atoms with Gasteiger partial charge in [0.05, 0.1) is 34.8 Å². The zero-order valence-electron chi connectivity index (χ0n) is 16.5. The Kier molecular flexibility index (Phi) is 4.65. The second kappa shape index (κ2) is 7.31. The molecule has 4 rings (SSSR count). The summed E-state index contributed by atoms with van der Waals surface area (Å²) in [5.41, 5.74) is 9.69. The van der Waals surface area contributed by atoms with Gasteiger partial charge in [-0.3, -0.25) is 9.79 Å². The number of hydrogen-bond acceptors (Lipinski definition) is 6. The summed E-state index contributed by atoms with van der Waals surface area (Å²) in [7, 11) is 0. The standard InChI is InChI=1S/C23H18N6O/c1-13-18(11-24)21(19(12-25)14(2)27-13)16-8-9-20-17(10-16)22(26)28-29(20)23(30)15-6-4-3-5-7-15/h3-10,18,21H,1-2H3,(H2,26,28). The van der Waals surface area contributed by atoms with E-state index in [2.05, 4.69) is 22.2 Å². The van der Waals surface area contributed by atoms with Gasteiger partial charge in [-0.15, -0.1) is 5.10 Å². The number of benzene rings is 2. The molecule has 30 heavy (non-hydrogen) atoms. The normalized spacial score (nSPS) is 18.6. The smallest absolute Gasteiger partial charge is 0.278 e. The van der Waals surface area contributed by atoms with Crippen LogP contribution in [0.4, 0.5) is 5.82 Å². The van der Waals surface area contributed by atoms with Gasteiger partial charge in [0.1, 0.15) is 0 Å². The first-order valence-electron chi connectivity index (χ1n) is 9.39. The Balaban J connectivity index is 1.85. The molecule has 1 aliphatic rings. The lowest BCUT2D eigenvalue weighted by Gasteiger charge is -2.26. The van der Waals surface area contributed by atoms with Gasteiger partial charge in [-0.1, -0.05) is 24.3 Å². The number of nitrogen functional groups attached to an aromatic ring is 1. The highest BCUT2D eigenvalue weighted by Crippen LogP contribution is 2.39. The zero-order chi connectivity index (χ0) is 21.4. The number of aliphatic imine (C=N–C) groups is 1. The molecular weight excluding hydrogens is 376 g/mol. The van der Waals surface area contributed by atoms with Gasteiger partial charge in [-0.2, -0.15) is 15.2 Å². The van der Waals surface area contributed by atoms with Crippen molar-refractivity contribution in [1.82, 2.24) is 9.78 Å². The number of hydrogen-bond donors (Lipinski definition) is 1. The van der Waals surface area contributed by atoms with Gasteiger partial charge in [0, 0.05) is 22.6 Å². The van der Waals surface area contributed by atoms with Crippen molar-refractivity contribution in [1.29, 1.82) is 10.5 Å². The molecule has 7 heteroatoms. The topological polar surface area (TPSA) is 121 Å². The molecule has 0 spiro atoms. The van der Waals surface area contributed by atoms with E-state index in [9.17, 15) is 15.3 Å². The highest BCUT2D eigenvalue weighted by molar-refractivity contribution is 6.03. The Bertz CT molecular complexity index is 1320. The van der Waals surface area contributed by atoms with Crippen LogP contribution in [0.15, 0.2) is 64.8 Å². The first kappa shape index (κ1) is 19.1. The highest BCUT2D eigenvalue weighted by Gasteiger charge is 2.34. The molecule has 2 unspecified atom stereocenters. The van der Waals surface area contributed by atoms with E-state index >= 15 is 0 Å². The fourth-order valence-electron chi connectivity index (χ4n) is 3.91. The van der Waals surface area contributed by atoms with Gasteiger partial charge in [0.25, 0.3) is 5.91 Å². The van der Waals surface area contributed by atoms with E-state index in [1.54, 1.807) is 44.2 Å². The quantitative estimate of drug-likeness (QED) is 0.708. The highest BCUT2D eigenvalue weighted by atomic mass is 16.2. The fraction of sp³-hybridized carbons (Fsp3) is 0.174. The Morgan fingerprint density at radius 1 is 1.13 bits per heavy atom. The van der Waals surface area contributed by atoms with Gasteiger partial charge in [-0.25, -0.2) is 0 Å². The summed E-state index contributed by atoms with van der Waals surface area (Å²) >= 11 is 0. The molecule has 0 radical (unpaired) electrons. The van der Waals surface area contributed by atoms with E-state index in [4.69, 9.17) is 5.73 Å². The molecule has 0 bridgehead atoms. The molecule has 0 saturated heterocycles. The first-order chi connectivity index (χ1) is 14.5. The minimum atomic E-state index is -0.553. The van der Waals surface area contributed by atoms with Crippen LogP contribution in [0.2, 0.25) is 0 Å². The number of carbonyl (C=O) groups excluding carboxylic acids is 1. The summed E-state index contributed by atoms with van der Waals surface area (Å²) in [5, 5.41) is 24.2. The Labute approximate surface area is 173 Å². The fourth-order valence-corrected chi connectivity index (χ4v) is 3.91. The second-order valence-electron chi connectivity index (χ2n) is 7.19. The van der Waals surface area contributed by atoms with Crippen molar-refractivity contribution >= 4 is 28.3 Å². The van der Waals surface area contributed by atoms with Crippen LogP contribution < -0.4 is 5.73 Å². The summed E-state index contributed by atoms with van der Waals surface area (Å²) in [6.07, 6.45) is 0. The van der Waals surface area contributed by atoms with Crippen molar-refractivity contribution in [3.63, 3.8) is 0 Å². The predicted octanol–water partition coefficient (Wildman–Crippen LogP) is 3.80. The lowest BCUT2D eigenvalue weighted by molar-refractivity contribution is 0.0951. The molecule has 0 saturated carbocycles. The molecule has 2 N–H and O–H groups in total. The van der Waals surface area contributed by atoms with E-state index in [1.165, 1.54) is 4.68 Å². The number of nitriles is 2. The van der Waals surface area contributed by atoms with Gasteiger partial charge >= 0.3 is 0 Å². The van der Waals surface area contributed by atoms with Crippen molar-refractivity contribution in [2.45, 2.75) is 19.8 Å². The van der Waals surface area contributed by atoms with Gasteiger partial charge in [0.2, 0.25) is 0 Å². The van der Waals surface area contributed by atoms with Gasteiger partial charge in [0.15, 0.2) is 5.82 Å². The number of anilines is 1. The summed E-state index contributed by atoms with van der Waals surface area (Å²) in [5.74, 6) is -1.07. The van der Waals surface area contributed by atoms with Crippen LogP contribution in [0, 0.1) is 28.6 Å². The molecule has 1 aliphatic heterocycles. The average molecular weight is 394 g/mol. The van der Waals surface area contributed by atoms with Crippen LogP contribution in [0.3, 0.4) is 0 Å². The number of rotatable bonds is 2. The molecule has 7 nitrogen and oxygen atoms in total. The molecule has 3 aromatic rings. The molecule has 146 valence electrons. The number of nitrogens with zero attached hydrogens (tertiary/aromatic N) is 5. The van der Waals surface area contributed by atoms with Crippen molar-refractivity contribution in [3.8, 4) is 12.1 Å². The summed E-state index contributed by atoms with van der Waals surface area (Å²) in [4.78, 5) is 17.2. The molecule has 2 atom stereocenters. The largest absolute Gasteiger partial charge is 0.382 e. The lowest BCUT2D eigenvalue weighted by Crippen LogP contribution is -2.24. The number of allylic oxidation sites excluding steroid dienone is 2. The van der Waals surface area contributed by atoms with Crippen LogP contribution in [0.25, 0.3) is 10.9 Å². The Morgan fingerprint density at radius 3 is 2.53 bits per heavy atom. The van der Waals surface area contributed by atoms with Crippen LogP contribution in [0.5, 0.6) is 0 Å². The van der Waals surface area contributed by atoms with E-state index in [-0.39, 0.29) is 11.7 Å². The number of carbonyl (C=O) groups is 1. The molecular formula is C23H18N6O. The number of nitrogens with two attached hydrogens (primary N) is 1. The summed E-state index contributed by atoms with van der Waals surface area (Å²) in [6, 6.07) is 18.7. The van der Waals surface area contributed by atoms with Crippen molar-refractivity contribution in [3.05, 3.63) is 70.9 Å². The maximum Gasteiger partial charge on any atom is 0.278 e. The maximum atomic E-state index is 12.9. The molecule has 1 aromatic heterocycles. The van der Waals surface area contributed by atoms with Gasteiger partial charge < -0.3 is 5.73 Å². The van der Waals surface area contributed by atoms with E-state index in [1.807, 2.05) is 18.2 Å². The number of aromatic nitrogens is 2. The monoisotopic (exact) mass is 394 g/mol. The van der Waals surface area contributed by atoms with Crippen molar-refractivity contribution in [2.75, 3.05) is 5.73 Å². The SMILES string of the molecule is CC1=NC(C)=C(C#N)C(c2ccc3c(c2)c(N)nn3C(=O)c2ccccc2)C1C#N. The summed E-state index contributed by atoms with van der Waals surface area (Å²) in [6.45, 7) is 3.56. The Morgan fingerprint density at radius 2 is 1.87 bits per heavy atom. The first-order valence-corrected chi connectivity index (χ1v) is 9.39. The van der Waals surface area contributed by atoms with E-state index in [0.717, 1.165) is 5.56 Å². The lowest BCUT2D eigenvalue weighted by atomic mass is 9.76. The minimum absolute atomic E-state index is 0.213. The van der Waals surface area contributed by atoms with Crippen molar-refractivity contribution < 1.29 is 4.79 Å². The van der Waals surface area contributed by atoms with E-state index in [0.29, 0.717) is 33.4 Å². The Hall–Kier alpha value is -4.23. The molecule has 0 aliphatic carbocycles. The zero-order valence-corrected chi connectivity index (χ0v) is 16.5. The van der Waals surface area contributed by atoms with E-state index < -0.39 is 11.8 Å².